The third kappa shape index (κ3) is 4.29. The van der Waals surface area contributed by atoms with Gasteiger partial charge in [0, 0.05) is 18.1 Å². The van der Waals surface area contributed by atoms with Gasteiger partial charge in [0.1, 0.15) is 0 Å². The van der Waals surface area contributed by atoms with Crippen LogP contribution in [0.4, 0.5) is 5.69 Å². The molecule has 4 nitrogen and oxygen atoms in total. The number of carbonyl (C=O) groups is 1. The third-order valence-electron chi connectivity index (χ3n) is 3.07. The first kappa shape index (κ1) is 15.5. The van der Waals surface area contributed by atoms with Crippen molar-refractivity contribution < 1.29 is 4.79 Å². The van der Waals surface area contributed by atoms with Crippen LogP contribution in [0.15, 0.2) is 41.8 Å². The quantitative estimate of drug-likeness (QED) is 0.676. The smallest absolute Gasteiger partial charge is 0.234 e. The molecule has 1 heterocycles. The zero-order valence-electron chi connectivity index (χ0n) is 12.5. The molecule has 0 radical (unpaired) electrons. The zero-order valence-corrected chi connectivity index (χ0v) is 13.3. The standard InChI is InChI=1S/C16H19N3OS/c1-11(2)13-7-4-6-12(3)15(13)19-14(20)10-21-16-17-8-5-9-18-16/h4-9,11H,10H2,1-3H3,(H,19,20). The highest BCUT2D eigenvalue weighted by Crippen LogP contribution is 2.27. The van der Waals surface area contributed by atoms with E-state index in [1.54, 1.807) is 18.5 Å². The molecule has 1 amide bonds. The number of aryl methyl sites for hydroxylation is 1. The Hall–Kier alpha value is -1.88. The normalized spacial score (nSPS) is 10.7. The number of amides is 1. The van der Waals surface area contributed by atoms with E-state index in [0.717, 1.165) is 16.8 Å². The highest BCUT2D eigenvalue weighted by molar-refractivity contribution is 7.99. The minimum atomic E-state index is -0.0383. The van der Waals surface area contributed by atoms with Crippen LogP contribution in [-0.4, -0.2) is 21.6 Å². The summed E-state index contributed by atoms with van der Waals surface area (Å²) in [6, 6.07) is 7.84. The maximum Gasteiger partial charge on any atom is 0.234 e. The van der Waals surface area contributed by atoms with E-state index in [1.807, 2.05) is 19.1 Å². The Morgan fingerprint density at radius 2 is 1.95 bits per heavy atom. The molecule has 2 aromatic rings. The summed E-state index contributed by atoms with van der Waals surface area (Å²) in [5, 5.41) is 3.63. The first-order chi connectivity index (χ1) is 10.1. The minimum absolute atomic E-state index is 0.0383. The Kier molecular flexibility index (Phi) is 5.33. The molecule has 0 aliphatic rings. The van der Waals surface area contributed by atoms with Crippen LogP contribution in [0.2, 0.25) is 0 Å². The van der Waals surface area contributed by atoms with Gasteiger partial charge in [-0.1, -0.05) is 43.8 Å². The van der Waals surface area contributed by atoms with Gasteiger partial charge in [-0.2, -0.15) is 0 Å². The topological polar surface area (TPSA) is 54.9 Å². The molecule has 0 atom stereocenters. The molecule has 0 bridgehead atoms. The Labute approximate surface area is 129 Å². The summed E-state index contributed by atoms with van der Waals surface area (Å²) >= 11 is 1.33. The van der Waals surface area contributed by atoms with Crippen LogP contribution in [0.25, 0.3) is 0 Å². The van der Waals surface area contributed by atoms with Crippen molar-refractivity contribution in [2.75, 3.05) is 11.1 Å². The van der Waals surface area contributed by atoms with Gasteiger partial charge < -0.3 is 5.32 Å². The fourth-order valence-electron chi connectivity index (χ4n) is 2.01. The molecular weight excluding hydrogens is 282 g/mol. The fraction of sp³-hybridized carbons (Fsp3) is 0.312. The predicted octanol–water partition coefficient (Wildman–Crippen LogP) is 3.64. The van der Waals surface area contributed by atoms with Crippen molar-refractivity contribution in [2.45, 2.75) is 31.8 Å². The van der Waals surface area contributed by atoms with Gasteiger partial charge in [0.2, 0.25) is 5.91 Å². The van der Waals surface area contributed by atoms with Crippen molar-refractivity contribution in [3.63, 3.8) is 0 Å². The summed E-state index contributed by atoms with van der Waals surface area (Å²) in [4.78, 5) is 20.3. The van der Waals surface area contributed by atoms with Crippen molar-refractivity contribution in [2.24, 2.45) is 0 Å². The van der Waals surface area contributed by atoms with E-state index >= 15 is 0 Å². The molecule has 0 aliphatic carbocycles. The van der Waals surface area contributed by atoms with Gasteiger partial charge in [-0.05, 0) is 30.0 Å². The van der Waals surface area contributed by atoms with Crippen LogP contribution in [0.3, 0.4) is 0 Å². The number of aromatic nitrogens is 2. The number of carbonyl (C=O) groups excluding carboxylic acids is 1. The zero-order chi connectivity index (χ0) is 15.2. The fourth-order valence-corrected chi connectivity index (χ4v) is 2.61. The molecule has 2 rings (SSSR count). The van der Waals surface area contributed by atoms with Crippen LogP contribution >= 0.6 is 11.8 Å². The lowest BCUT2D eigenvalue weighted by molar-refractivity contribution is -0.113. The number of para-hydroxylation sites is 1. The molecule has 0 unspecified atom stereocenters. The van der Waals surface area contributed by atoms with Crippen molar-refractivity contribution in [1.29, 1.82) is 0 Å². The van der Waals surface area contributed by atoms with Gasteiger partial charge in [0.15, 0.2) is 5.16 Å². The molecule has 1 aromatic carbocycles. The van der Waals surface area contributed by atoms with E-state index in [4.69, 9.17) is 0 Å². The highest BCUT2D eigenvalue weighted by atomic mass is 32.2. The number of nitrogens with zero attached hydrogens (tertiary/aromatic N) is 2. The second-order valence-electron chi connectivity index (χ2n) is 5.06. The number of rotatable bonds is 5. The van der Waals surface area contributed by atoms with Crippen LogP contribution in [0, 0.1) is 6.92 Å². The van der Waals surface area contributed by atoms with Gasteiger partial charge in [0.25, 0.3) is 0 Å². The summed E-state index contributed by atoms with van der Waals surface area (Å²) in [5.41, 5.74) is 3.16. The first-order valence-corrected chi connectivity index (χ1v) is 7.85. The van der Waals surface area contributed by atoms with Crippen molar-refractivity contribution in [1.82, 2.24) is 9.97 Å². The largest absolute Gasteiger partial charge is 0.325 e. The predicted molar refractivity (Wildman–Crippen MR) is 86.7 cm³/mol. The van der Waals surface area contributed by atoms with Gasteiger partial charge in [-0.15, -0.1) is 0 Å². The maximum atomic E-state index is 12.1. The van der Waals surface area contributed by atoms with Crippen molar-refractivity contribution >= 4 is 23.4 Å². The summed E-state index contributed by atoms with van der Waals surface area (Å²) in [5.74, 6) is 0.629. The second-order valence-corrected chi connectivity index (χ2v) is 6.00. The van der Waals surface area contributed by atoms with E-state index in [-0.39, 0.29) is 5.91 Å². The average Bonchev–Trinajstić information content (AvgIpc) is 2.48. The summed E-state index contributed by atoms with van der Waals surface area (Å²) in [6.45, 7) is 6.25. The van der Waals surface area contributed by atoms with Gasteiger partial charge in [0.05, 0.1) is 5.75 Å². The van der Waals surface area contributed by atoms with Crippen LogP contribution in [0.1, 0.15) is 30.9 Å². The van der Waals surface area contributed by atoms with Crippen LogP contribution in [-0.2, 0) is 4.79 Å². The first-order valence-electron chi connectivity index (χ1n) is 6.87. The molecule has 0 aliphatic heterocycles. The SMILES string of the molecule is Cc1cccc(C(C)C)c1NC(=O)CSc1ncccn1. The van der Waals surface area contributed by atoms with Gasteiger partial charge in [-0.3, -0.25) is 4.79 Å². The van der Waals surface area contributed by atoms with Gasteiger partial charge >= 0.3 is 0 Å². The number of hydrogen-bond acceptors (Lipinski definition) is 4. The summed E-state index contributed by atoms with van der Waals surface area (Å²) in [6.07, 6.45) is 3.34. The number of thioether (sulfide) groups is 1. The Bertz CT molecular complexity index is 614. The molecule has 0 spiro atoms. The second kappa shape index (κ2) is 7.22. The number of hydrogen-bond donors (Lipinski definition) is 1. The molecular formula is C16H19N3OS. The third-order valence-corrected chi connectivity index (χ3v) is 3.94. The van der Waals surface area contributed by atoms with Crippen LogP contribution in [0.5, 0.6) is 0 Å². The van der Waals surface area contributed by atoms with Crippen molar-refractivity contribution in [3.05, 3.63) is 47.8 Å². The molecule has 110 valence electrons. The lowest BCUT2D eigenvalue weighted by atomic mass is 9.98. The van der Waals surface area contributed by atoms with E-state index in [0.29, 0.717) is 16.8 Å². The van der Waals surface area contributed by atoms with Gasteiger partial charge in [-0.25, -0.2) is 9.97 Å². The lowest BCUT2D eigenvalue weighted by Crippen LogP contribution is -2.16. The summed E-state index contributed by atoms with van der Waals surface area (Å²) in [7, 11) is 0. The highest BCUT2D eigenvalue weighted by Gasteiger charge is 2.12. The molecule has 1 aromatic heterocycles. The molecule has 0 saturated heterocycles. The van der Waals surface area contributed by atoms with E-state index in [1.165, 1.54) is 11.8 Å². The molecule has 21 heavy (non-hydrogen) atoms. The maximum absolute atomic E-state index is 12.1. The monoisotopic (exact) mass is 301 g/mol. The van der Waals surface area contributed by atoms with E-state index in [9.17, 15) is 4.79 Å². The Morgan fingerprint density at radius 1 is 1.24 bits per heavy atom. The average molecular weight is 301 g/mol. The molecule has 5 heteroatoms. The Balaban J connectivity index is 2.03. The number of nitrogens with one attached hydrogen (secondary N) is 1. The molecule has 0 saturated carbocycles. The Morgan fingerprint density at radius 3 is 2.62 bits per heavy atom. The number of benzene rings is 1. The van der Waals surface area contributed by atoms with E-state index < -0.39 is 0 Å². The molecule has 1 N–H and O–H groups in total. The van der Waals surface area contributed by atoms with E-state index in [2.05, 4.69) is 35.2 Å². The minimum Gasteiger partial charge on any atom is -0.325 e. The van der Waals surface area contributed by atoms with Crippen molar-refractivity contribution in [3.8, 4) is 0 Å². The van der Waals surface area contributed by atoms with Crippen LogP contribution < -0.4 is 5.32 Å². The molecule has 0 fully saturated rings. The summed E-state index contributed by atoms with van der Waals surface area (Å²) < 4.78 is 0. The number of anilines is 1. The lowest BCUT2D eigenvalue weighted by Gasteiger charge is -2.16.